The smallest absolute Gasteiger partial charge is 0.0972 e. The lowest BCUT2D eigenvalue weighted by Gasteiger charge is -2.11. The van der Waals surface area contributed by atoms with Crippen molar-refractivity contribution in [2.24, 2.45) is 0 Å². The first-order valence-electron chi connectivity index (χ1n) is 6.84. The highest BCUT2D eigenvalue weighted by molar-refractivity contribution is 5.24. The molecule has 1 aliphatic carbocycles. The fraction of sp³-hybridized carbons (Fsp3) is 0.714. The highest BCUT2D eigenvalue weighted by Crippen LogP contribution is 2.20. The van der Waals surface area contributed by atoms with Gasteiger partial charge >= 0.3 is 0 Å². The van der Waals surface area contributed by atoms with E-state index in [1.54, 1.807) is 0 Å². The summed E-state index contributed by atoms with van der Waals surface area (Å²) in [5.41, 5.74) is 3.72. The zero-order valence-electron chi connectivity index (χ0n) is 11.5. The molecule has 0 aromatic carbocycles. The van der Waals surface area contributed by atoms with Crippen molar-refractivity contribution in [1.82, 2.24) is 15.1 Å². The summed E-state index contributed by atoms with van der Waals surface area (Å²) in [6, 6.07) is 2.90. The molecule has 0 amide bonds. The molecule has 1 atom stereocenters. The highest BCUT2D eigenvalue weighted by atomic mass is 15.3. The molecular weight excluding hydrogens is 224 g/mol. The fourth-order valence-electron chi connectivity index (χ4n) is 2.43. The largest absolute Gasteiger partial charge is 0.299 e. The Balaban J connectivity index is 1.94. The van der Waals surface area contributed by atoms with Gasteiger partial charge in [-0.05, 0) is 45.1 Å². The number of nitrogens with one attached hydrogen (secondary N) is 1. The number of rotatable bonds is 6. The van der Waals surface area contributed by atoms with Crippen molar-refractivity contribution in [2.75, 3.05) is 0 Å². The monoisotopic (exact) mass is 246 g/mol. The molecule has 1 N–H and O–H groups in total. The molecule has 1 unspecified atom stereocenters. The predicted molar refractivity (Wildman–Crippen MR) is 71.3 cm³/mol. The second-order valence-electron chi connectivity index (χ2n) is 5.14. The van der Waals surface area contributed by atoms with Gasteiger partial charge in [-0.2, -0.15) is 10.4 Å². The maximum Gasteiger partial charge on any atom is 0.0972 e. The summed E-state index contributed by atoms with van der Waals surface area (Å²) in [7, 11) is 0. The Labute approximate surface area is 109 Å². The lowest BCUT2D eigenvalue weighted by molar-refractivity contribution is 0.484. The summed E-state index contributed by atoms with van der Waals surface area (Å²) >= 11 is 0. The standard InChI is InChI=1S/C14H22N4/c1-4-14-10(2)17-18(11(14)3)8-7-13(9-15)16-12-5-6-12/h12-13,16H,4-8H2,1-3H3. The minimum absolute atomic E-state index is 0.0357. The molecule has 0 bridgehead atoms. The topological polar surface area (TPSA) is 53.6 Å². The summed E-state index contributed by atoms with van der Waals surface area (Å²) < 4.78 is 2.05. The maximum atomic E-state index is 9.11. The highest BCUT2D eigenvalue weighted by Gasteiger charge is 2.24. The predicted octanol–water partition coefficient (Wildman–Crippen LogP) is 2.10. The van der Waals surface area contributed by atoms with E-state index in [0.717, 1.165) is 25.1 Å². The van der Waals surface area contributed by atoms with Crippen LogP contribution in [0.3, 0.4) is 0 Å². The van der Waals surface area contributed by atoms with Gasteiger partial charge in [0.25, 0.3) is 0 Å². The van der Waals surface area contributed by atoms with E-state index in [9.17, 15) is 0 Å². The van der Waals surface area contributed by atoms with Crippen LogP contribution in [0.4, 0.5) is 0 Å². The average molecular weight is 246 g/mol. The van der Waals surface area contributed by atoms with Crippen LogP contribution in [-0.4, -0.2) is 21.9 Å². The van der Waals surface area contributed by atoms with Crippen molar-refractivity contribution in [3.05, 3.63) is 17.0 Å². The molecule has 0 aliphatic heterocycles. The minimum atomic E-state index is -0.0357. The van der Waals surface area contributed by atoms with Crippen LogP contribution < -0.4 is 5.32 Å². The van der Waals surface area contributed by atoms with Crippen molar-refractivity contribution < 1.29 is 0 Å². The van der Waals surface area contributed by atoms with Gasteiger partial charge in [-0.1, -0.05) is 6.92 Å². The van der Waals surface area contributed by atoms with Crippen LogP contribution in [0.5, 0.6) is 0 Å². The maximum absolute atomic E-state index is 9.11. The number of nitriles is 1. The van der Waals surface area contributed by atoms with E-state index >= 15 is 0 Å². The van der Waals surface area contributed by atoms with Gasteiger partial charge in [-0.15, -0.1) is 0 Å². The Hall–Kier alpha value is -1.34. The van der Waals surface area contributed by atoms with E-state index in [-0.39, 0.29) is 6.04 Å². The molecule has 1 aromatic heterocycles. The van der Waals surface area contributed by atoms with Crippen LogP contribution in [0.25, 0.3) is 0 Å². The van der Waals surface area contributed by atoms with Crippen LogP contribution in [0.1, 0.15) is 43.1 Å². The number of aryl methyl sites for hydroxylation is 2. The third-order valence-electron chi connectivity index (χ3n) is 3.68. The number of nitrogens with zero attached hydrogens (tertiary/aromatic N) is 3. The normalized spacial score (nSPS) is 16.6. The van der Waals surface area contributed by atoms with Gasteiger partial charge in [0.2, 0.25) is 0 Å². The molecule has 4 heteroatoms. The molecule has 0 radical (unpaired) electrons. The van der Waals surface area contributed by atoms with Gasteiger partial charge in [-0.3, -0.25) is 10.00 Å². The van der Waals surface area contributed by atoms with Crippen molar-refractivity contribution in [3.63, 3.8) is 0 Å². The zero-order valence-corrected chi connectivity index (χ0v) is 11.5. The SMILES string of the molecule is CCc1c(C)nn(CCC(C#N)NC2CC2)c1C. The fourth-order valence-corrected chi connectivity index (χ4v) is 2.43. The van der Waals surface area contributed by atoms with Crippen LogP contribution >= 0.6 is 0 Å². The Kier molecular flexibility index (Phi) is 4.03. The van der Waals surface area contributed by atoms with Gasteiger partial charge in [0.05, 0.1) is 17.8 Å². The summed E-state index contributed by atoms with van der Waals surface area (Å²) in [5, 5.41) is 17.0. The lowest BCUT2D eigenvalue weighted by Crippen LogP contribution is -2.30. The van der Waals surface area contributed by atoms with Gasteiger partial charge in [0, 0.05) is 18.3 Å². The van der Waals surface area contributed by atoms with Gasteiger partial charge in [-0.25, -0.2) is 0 Å². The molecule has 1 aliphatic rings. The van der Waals surface area contributed by atoms with E-state index in [1.165, 1.54) is 24.1 Å². The first-order chi connectivity index (χ1) is 8.65. The average Bonchev–Trinajstić information content (AvgIpc) is 3.12. The molecule has 98 valence electrons. The van der Waals surface area contributed by atoms with E-state index in [2.05, 4.69) is 37.3 Å². The molecule has 1 fully saturated rings. The molecule has 4 nitrogen and oxygen atoms in total. The molecule has 1 heterocycles. The lowest BCUT2D eigenvalue weighted by atomic mass is 10.1. The van der Waals surface area contributed by atoms with Gasteiger partial charge < -0.3 is 0 Å². The van der Waals surface area contributed by atoms with Crippen LogP contribution in [0, 0.1) is 25.2 Å². The third kappa shape index (κ3) is 2.91. The van der Waals surface area contributed by atoms with Gasteiger partial charge in [0.1, 0.15) is 0 Å². The van der Waals surface area contributed by atoms with E-state index in [1.807, 2.05) is 4.68 Å². The van der Waals surface area contributed by atoms with E-state index in [0.29, 0.717) is 6.04 Å². The molecule has 1 aromatic rings. The van der Waals surface area contributed by atoms with Crippen molar-refractivity contribution >= 4 is 0 Å². The van der Waals surface area contributed by atoms with Crippen molar-refractivity contribution in [1.29, 1.82) is 5.26 Å². The number of hydrogen-bond acceptors (Lipinski definition) is 3. The number of aromatic nitrogens is 2. The first kappa shape index (κ1) is 13.1. The summed E-state index contributed by atoms with van der Waals surface area (Å²) in [6.07, 6.45) is 4.30. The summed E-state index contributed by atoms with van der Waals surface area (Å²) in [4.78, 5) is 0. The van der Waals surface area contributed by atoms with Crippen LogP contribution in [0.2, 0.25) is 0 Å². The van der Waals surface area contributed by atoms with Crippen molar-refractivity contribution in [2.45, 2.75) is 65.1 Å². The van der Waals surface area contributed by atoms with Gasteiger partial charge in [0.15, 0.2) is 0 Å². The Bertz CT molecular complexity index is 451. The first-order valence-corrected chi connectivity index (χ1v) is 6.84. The molecule has 0 saturated heterocycles. The number of hydrogen-bond donors (Lipinski definition) is 1. The summed E-state index contributed by atoms with van der Waals surface area (Å²) in [5.74, 6) is 0. The second kappa shape index (κ2) is 5.53. The molecule has 1 saturated carbocycles. The molecule has 2 rings (SSSR count). The van der Waals surface area contributed by atoms with E-state index < -0.39 is 0 Å². The van der Waals surface area contributed by atoms with Crippen LogP contribution in [0.15, 0.2) is 0 Å². The molecule has 0 spiro atoms. The second-order valence-corrected chi connectivity index (χ2v) is 5.14. The molecule has 18 heavy (non-hydrogen) atoms. The Morgan fingerprint density at radius 2 is 2.22 bits per heavy atom. The Morgan fingerprint density at radius 3 is 2.72 bits per heavy atom. The quantitative estimate of drug-likeness (QED) is 0.836. The van der Waals surface area contributed by atoms with Crippen molar-refractivity contribution in [3.8, 4) is 6.07 Å². The third-order valence-corrected chi connectivity index (χ3v) is 3.68. The zero-order chi connectivity index (χ0) is 13.1. The van der Waals surface area contributed by atoms with E-state index in [4.69, 9.17) is 5.26 Å². The minimum Gasteiger partial charge on any atom is -0.299 e. The van der Waals surface area contributed by atoms with Crippen LogP contribution in [-0.2, 0) is 13.0 Å². The Morgan fingerprint density at radius 1 is 1.50 bits per heavy atom. The summed E-state index contributed by atoms with van der Waals surface area (Å²) in [6.45, 7) is 7.17. The molecular formula is C14H22N4.